The van der Waals surface area contributed by atoms with Crippen molar-refractivity contribution in [3.8, 4) is 0 Å². The summed E-state index contributed by atoms with van der Waals surface area (Å²) in [4.78, 5) is 0. The predicted molar refractivity (Wildman–Crippen MR) is 75.2 cm³/mol. The van der Waals surface area contributed by atoms with Crippen molar-refractivity contribution in [2.75, 3.05) is 23.4 Å². The lowest BCUT2D eigenvalue weighted by Gasteiger charge is -2.38. The first-order valence-electron chi connectivity index (χ1n) is 6.81. The highest BCUT2D eigenvalue weighted by Gasteiger charge is 2.40. The lowest BCUT2D eigenvalue weighted by Crippen LogP contribution is -2.44. The zero-order valence-corrected chi connectivity index (χ0v) is 11.7. The molecular formula is C13H21N3OS. The maximum absolute atomic E-state index is 6.03. The molecule has 0 amide bonds. The van der Waals surface area contributed by atoms with Gasteiger partial charge in [-0.1, -0.05) is 0 Å². The molecule has 2 fully saturated rings. The van der Waals surface area contributed by atoms with E-state index < -0.39 is 0 Å². The van der Waals surface area contributed by atoms with Crippen LogP contribution in [-0.2, 0) is 11.3 Å². The van der Waals surface area contributed by atoms with Gasteiger partial charge in [-0.15, -0.1) is 0 Å². The minimum Gasteiger partial charge on any atom is -0.374 e. The zero-order valence-electron chi connectivity index (χ0n) is 10.9. The van der Waals surface area contributed by atoms with Crippen molar-refractivity contribution < 1.29 is 4.74 Å². The molecule has 3 heterocycles. The lowest BCUT2D eigenvalue weighted by atomic mass is 9.90. The van der Waals surface area contributed by atoms with E-state index in [-0.39, 0.29) is 5.60 Å². The number of thioether (sulfide) groups is 1. The van der Waals surface area contributed by atoms with Gasteiger partial charge in [0.15, 0.2) is 0 Å². The van der Waals surface area contributed by atoms with Crippen molar-refractivity contribution in [2.24, 2.45) is 0 Å². The van der Waals surface area contributed by atoms with Gasteiger partial charge in [0.2, 0.25) is 0 Å². The number of hydrogen-bond acceptors (Lipinski definition) is 4. The van der Waals surface area contributed by atoms with E-state index in [4.69, 9.17) is 4.74 Å². The van der Waals surface area contributed by atoms with Crippen LogP contribution in [0.25, 0.3) is 0 Å². The summed E-state index contributed by atoms with van der Waals surface area (Å²) in [6.45, 7) is 3.92. The monoisotopic (exact) mass is 267 g/mol. The Balaban J connectivity index is 1.62. The number of hydrogen-bond donors (Lipinski definition) is 1. The Morgan fingerprint density at radius 1 is 1.67 bits per heavy atom. The normalized spacial score (nSPS) is 31.9. The third-order valence-electron chi connectivity index (χ3n) is 3.88. The second kappa shape index (κ2) is 5.13. The molecule has 0 radical (unpaired) electrons. The lowest BCUT2D eigenvalue weighted by molar-refractivity contribution is -0.0628. The molecule has 5 heteroatoms. The number of nitrogens with one attached hydrogen (secondary N) is 1. The van der Waals surface area contributed by atoms with Crippen LogP contribution in [0.5, 0.6) is 0 Å². The summed E-state index contributed by atoms with van der Waals surface area (Å²) < 4.78 is 8.00. The summed E-state index contributed by atoms with van der Waals surface area (Å²) in [7, 11) is 0. The number of anilines is 1. The highest BCUT2D eigenvalue weighted by molar-refractivity contribution is 7.99. The molecule has 2 saturated heterocycles. The highest BCUT2D eigenvalue weighted by Crippen LogP contribution is 2.38. The quantitative estimate of drug-likeness (QED) is 0.912. The van der Waals surface area contributed by atoms with Crippen LogP contribution in [0.4, 0.5) is 5.82 Å². The molecule has 1 aromatic rings. The third kappa shape index (κ3) is 2.52. The first kappa shape index (κ1) is 12.4. The van der Waals surface area contributed by atoms with Crippen molar-refractivity contribution in [3.05, 3.63) is 12.3 Å². The van der Waals surface area contributed by atoms with Crippen LogP contribution in [0.1, 0.15) is 26.2 Å². The molecule has 3 rings (SSSR count). The molecule has 2 atom stereocenters. The summed E-state index contributed by atoms with van der Waals surface area (Å²) in [6, 6.07) is 2.58. The van der Waals surface area contributed by atoms with Crippen molar-refractivity contribution in [1.82, 2.24) is 9.78 Å². The Labute approximate surface area is 112 Å². The molecule has 4 nitrogen and oxygen atoms in total. The number of nitrogens with zero attached hydrogens (tertiary/aromatic N) is 2. The fourth-order valence-electron chi connectivity index (χ4n) is 2.84. The number of aromatic nitrogens is 2. The molecule has 2 aliphatic heterocycles. The standard InChI is InChI=1S/C13H21N3OS/c1-2-16-6-3-12(15-16)14-11-4-7-17-13(9-11)5-8-18-10-13/h3,6,11H,2,4-5,7-10H2,1H3,(H,14,15). The molecule has 0 aromatic carbocycles. The minimum absolute atomic E-state index is 0.147. The zero-order chi connectivity index (χ0) is 12.4. The minimum atomic E-state index is 0.147. The van der Waals surface area contributed by atoms with Crippen LogP contribution in [0, 0.1) is 0 Å². The van der Waals surface area contributed by atoms with Crippen LogP contribution >= 0.6 is 11.8 Å². The summed E-state index contributed by atoms with van der Waals surface area (Å²) >= 11 is 2.02. The van der Waals surface area contributed by atoms with E-state index in [0.29, 0.717) is 6.04 Å². The maximum atomic E-state index is 6.03. The summed E-state index contributed by atoms with van der Waals surface area (Å²) in [5, 5.41) is 8.06. The van der Waals surface area contributed by atoms with Crippen LogP contribution in [-0.4, -0.2) is 39.5 Å². The molecule has 18 heavy (non-hydrogen) atoms. The Kier molecular flexibility index (Phi) is 3.52. The maximum Gasteiger partial charge on any atom is 0.148 e. The molecule has 0 bridgehead atoms. The summed E-state index contributed by atoms with van der Waals surface area (Å²) in [6.07, 6.45) is 5.45. The number of rotatable bonds is 3. The second-order valence-electron chi connectivity index (χ2n) is 5.22. The summed E-state index contributed by atoms with van der Waals surface area (Å²) in [5.74, 6) is 3.41. The third-order valence-corrected chi connectivity index (χ3v) is 5.10. The first-order chi connectivity index (χ1) is 8.80. The Morgan fingerprint density at radius 3 is 3.33 bits per heavy atom. The van der Waals surface area contributed by atoms with Crippen molar-refractivity contribution >= 4 is 17.6 Å². The van der Waals surface area contributed by atoms with E-state index in [9.17, 15) is 0 Å². The highest BCUT2D eigenvalue weighted by atomic mass is 32.2. The number of ether oxygens (including phenoxy) is 1. The van der Waals surface area contributed by atoms with Gasteiger partial charge in [0.25, 0.3) is 0 Å². The SMILES string of the molecule is CCn1ccc(NC2CCOC3(CCSC3)C2)n1. The average Bonchev–Trinajstić information content (AvgIpc) is 2.99. The van der Waals surface area contributed by atoms with Crippen molar-refractivity contribution in [1.29, 1.82) is 0 Å². The Bertz CT molecular complexity index is 401. The van der Waals surface area contributed by atoms with Gasteiger partial charge in [0, 0.05) is 37.2 Å². The molecular weight excluding hydrogens is 246 g/mol. The summed E-state index contributed by atoms with van der Waals surface area (Å²) in [5.41, 5.74) is 0.147. The fourth-order valence-corrected chi connectivity index (χ4v) is 4.22. The Hall–Kier alpha value is -0.680. The largest absolute Gasteiger partial charge is 0.374 e. The van der Waals surface area contributed by atoms with Gasteiger partial charge in [-0.05, 0) is 31.9 Å². The van der Waals surface area contributed by atoms with Gasteiger partial charge in [0.1, 0.15) is 5.82 Å². The molecule has 100 valence electrons. The van der Waals surface area contributed by atoms with E-state index in [1.165, 1.54) is 12.2 Å². The predicted octanol–water partition coefficient (Wildman–Crippen LogP) is 2.37. The Morgan fingerprint density at radius 2 is 2.61 bits per heavy atom. The van der Waals surface area contributed by atoms with Crippen molar-refractivity contribution in [2.45, 2.75) is 44.4 Å². The second-order valence-corrected chi connectivity index (χ2v) is 6.33. The first-order valence-corrected chi connectivity index (χ1v) is 7.97. The van der Waals surface area contributed by atoms with Crippen LogP contribution in [0.15, 0.2) is 12.3 Å². The van der Waals surface area contributed by atoms with E-state index in [0.717, 1.165) is 37.6 Å². The van der Waals surface area contributed by atoms with Crippen LogP contribution in [0.2, 0.25) is 0 Å². The number of aryl methyl sites for hydroxylation is 1. The van der Waals surface area contributed by atoms with Gasteiger partial charge in [-0.25, -0.2) is 0 Å². The molecule has 0 aliphatic carbocycles. The van der Waals surface area contributed by atoms with E-state index in [2.05, 4.69) is 23.4 Å². The van der Waals surface area contributed by atoms with E-state index >= 15 is 0 Å². The van der Waals surface area contributed by atoms with E-state index in [1.54, 1.807) is 0 Å². The van der Waals surface area contributed by atoms with Gasteiger partial charge >= 0.3 is 0 Å². The van der Waals surface area contributed by atoms with Gasteiger partial charge in [-0.3, -0.25) is 4.68 Å². The fraction of sp³-hybridized carbons (Fsp3) is 0.769. The average molecular weight is 267 g/mol. The van der Waals surface area contributed by atoms with Crippen LogP contribution < -0.4 is 5.32 Å². The van der Waals surface area contributed by atoms with E-state index in [1.807, 2.05) is 22.6 Å². The molecule has 1 N–H and O–H groups in total. The molecule has 0 saturated carbocycles. The van der Waals surface area contributed by atoms with Crippen LogP contribution in [0.3, 0.4) is 0 Å². The molecule has 2 aliphatic rings. The molecule has 1 aromatic heterocycles. The van der Waals surface area contributed by atoms with Gasteiger partial charge in [-0.2, -0.15) is 16.9 Å². The molecule has 2 unspecified atom stereocenters. The molecule has 1 spiro atoms. The van der Waals surface area contributed by atoms with Gasteiger partial charge in [0.05, 0.1) is 5.60 Å². The van der Waals surface area contributed by atoms with Gasteiger partial charge < -0.3 is 10.1 Å². The smallest absolute Gasteiger partial charge is 0.148 e. The topological polar surface area (TPSA) is 39.1 Å². The van der Waals surface area contributed by atoms with Crippen molar-refractivity contribution in [3.63, 3.8) is 0 Å².